The van der Waals surface area contributed by atoms with E-state index in [0.29, 0.717) is 32.4 Å². The number of hydrogen-bond acceptors (Lipinski definition) is 5. The molecule has 0 aliphatic heterocycles. The van der Waals surface area contributed by atoms with Crippen LogP contribution in [0.1, 0.15) is 11.1 Å². The van der Waals surface area contributed by atoms with E-state index in [-0.39, 0.29) is 6.61 Å². The van der Waals surface area contributed by atoms with E-state index in [1.807, 2.05) is 24.3 Å². The van der Waals surface area contributed by atoms with Crippen LogP contribution in [-0.2, 0) is 16.2 Å². The predicted octanol–water partition coefficient (Wildman–Crippen LogP) is 5.25. The van der Waals surface area contributed by atoms with Crippen molar-refractivity contribution in [3.63, 3.8) is 0 Å². The topological polar surface area (TPSA) is 52.4 Å². The van der Waals surface area contributed by atoms with Gasteiger partial charge < -0.3 is 14.3 Å². The van der Waals surface area contributed by atoms with Crippen LogP contribution in [0, 0.1) is 0 Å². The third-order valence-electron chi connectivity index (χ3n) is 3.41. The maximum absolute atomic E-state index is 6.16. The number of ether oxygens (including phenoxy) is 2. The van der Waals surface area contributed by atoms with Gasteiger partial charge in [0, 0.05) is 18.7 Å². The SMILES string of the molecule is CN=C(OC)C(=NOC)c1ccccc1COc1cc(Cl)c(Cl)cc1Cl. The van der Waals surface area contributed by atoms with Gasteiger partial charge in [-0.2, -0.15) is 0 Å². The summed E-state index contributed by atoms with van der Waals surface area (Å²) in [6.07, 6.45) is 0. The molecule has 138 valence electrons. The van der Waals surface area contributed by atoms with Gasteiger partial charge in [-0.3, -0.25) is 4.99 Å². The lowest BCUT2D eigenvalue weighted by Gasteiger charge is -2.14. The van der Waals surface area contributed by atoms with E-state index in [1.54, 1.807) is 13.1 Å². The number of halogens is 3. The number of nitrogens with zero attached hydrogens (tertiary/aromatic N) is 2. The fourth-order valence-electron chi connectivity index (χ4n) is 2.24. The summed E-state index contributed by atoms with van der Waals surface area (Å²) in [6.45, 7) is 0.220. The average Bonchev–Trinajstić information content (AvgIpc) is 2.64. The molecule has 26 heavy (non-hydrogen) atoms. The molecular formula is C18H17Cl3N2O3. The Morgan fingerprint density at radius 2 is 1.69 bits per heavy atom. The van der Waals surface area contributed by atoms with Crippen LogP contribution in [0.2, 0.25) is 15.1 Å². The third kappa shape index (κ3) is 4.81. The van der Waals surface area contributed by atoms with Gasteiger partial charge in [0.25, 0.3) is 0 Å². The van der Waals surface area contributed by atoms with Crippen molar-refractivity contribution in [1.82, 2.24) is 0 Å². The van der Waals surface area contributed by atoms with Crippen LogP contribution in [0.4, 0.5) is 0 Å². The van der Waals surface area contributed by atoms with E-state index in [4.69, 9.17) is 49.1 Å². The largest absolute Gasteiger partial charge is 0.487 e. The minimum atomic E-state index is 0.220. The van der Waals surface area contributed by atoms with Crippen molar-refractivity contribution in [2.75, 3.05) is 21.3 Å². The molecule has 0 atom stereocenters. The summed E-state index contributed by atoms with van der Waals surface area (Å²) in [5.41, 5.74) is 2.05. The van der Waals surface area contributed by atoms with Crippen molar-refractivity contribution in [3.05, 3.63) is 62.6 Å². The van der Waals surface area contributed by atoms with Crippen molar-refractivity contribution < 1.29 is 14.3 Å². The molecule has 8 heteroatoms. The van der Waals surface area contributed by atoms with Gasteiger partial charge in [-0.05, 0) is 11.6 Å². The molecule has 0 spiro atoms. The second kappa shape index (κ2) is 9.67. The summed E-state index contributed by atoms with van der Waals surface area (Å²) < 4.78 is 11.1. The van der Waals surface area contributed by atoms with Crippen LogP contribution in [0.15, 0.2) is 46.5 Å². The average molecular weight is 416 g/mol. The van der Waals surface area contributed by atoms with E-state index < -0.39 is 0 Å². The zero-order valence-electron chi connectivity index (χ0n) is 14.4. The molecule has 0 fully saturated rings. The highest BCUT2D eigenvalue weighted by molar-refractivity contribution is 6.45. The molecule has 0 amide bonds. The molecule has 0 bridgehead atoms. The highest BCUT2D eigenvalue weighted by atomic mass is 35.5. The molecule has 2 aromatic carbocycles. The molecule has 0 heterocycles. The Bertz CT molecular complexity index is 838. The highest BCUT2D eigenvalue weighted by Crippen LogP contribution is 2.34. The summed E-state index contributed by atoms with van der Waals surface area (Å²) in [5, 5.41) is 5.13. The molecule has 0 aliphatic rings. The van der Waals surface area contributed by atoms with Crippen molar-refractivity contribution in [2.45, 2.75) is 6.61 Å². The van der Waals surface area contributed by atoms with Gasteiger partial charge in [0.1, 0.15) is 19.5 Å². The molecule has 2 rings (SSSR count). The first-order valence-corrected chi connectivity index (χ1v) is 8.63. The fraction of sp³-hybridized carbons (Fsp3) is 0.222. The Labute approximate surface area is 167 Å². The van der Waals surface area contributed by atoms with Crippen LogP contribution < -0.4 is 4.74 Å². The van der Waals surface area contributed by atoms with Crippen LogP contribution in [0.5, 0.6) is 5.75 Å². The van der Waals surface area contributed by atoms with E-state index >= 15 is 0 Å². The van der Waals surface area contributed by atoms with Gasteiger partial charge in [0.05, 0.1) is 22.2 Å². The zero-order valence-corrected chi connectivity index (χ0v) is 16.7. The molecule has 0 saturated carbocycles. The second-order valence-corrected chi connectivity index (χ2v) is 6.22. The summed E-state index contributed by atoms with van der Waals surface area (Å²) in [5.74, 6) is 0.768. The highest BCUT2D eigenvalue weighted by Gasteiger charge is 2.17. The second-order valence-electron chi connectivity index (χ2n) is 5.00. The lowest BCUT2D eigenvalue weighted by Crippen LogP contribution is -2.20. The number of rotatable bonds is 6. The van der Waals surface area contributed by atoms with Gasteiger partial charge >= 0.3 is 0 Å². The van der Waals surface area contributed by atoms with E-state index in [0.717, 1.165) is 11.1 Å². The number of oxime groups is 1. The smallest absolute Gasteiger partial charge is 0.238 e. The Morgan fingerprint density at radius 1 is 1.00 bits per heavy atom. The lowest BCUT2D eigenvalue weighted by molar-refractivity contribution is 0.213. The van der Waals surface area contributed by atoms with Gasteiger partial charge in [-0.25, -0.2) is 0 Å². The quantitative estimate of drug-likeness (QED) is 0.280. The molecule has 2 aromatic rings. The Kier molecular flexibility index (Phi) is 7.57. The maximum Gasteiger partial charge on any atom is 0.238 e. The Morgan fingerprint density at radius 3 is 2.35 bits per heavy atom. The number of methoxy groups -OCH3 is 1. The monoisotopic (exact) mass is 414 g/mol. The maximum atomic E-state index is 6.16. The summed E-state index contributed by atoms with van der Waals surface area (Å²) in [4.78, 5) is 9.03. The molecular weight excluding hydrogens is 399 g/mol. The van der Waals surface area contributed by atoms with Crippen molar-refractivity contribution in [2.24, 2.45) is 10.1 Å². The first-order chi connectivity index (χ1) is 12.5. The lowest BCUT2D eigenvalue weighted by atomic mass is 10.0. The molecule has 0 aliphatic carbocycles. The first kappa shape index (κ1) is 20.4. The van der Waals surface area contributed by atoms with Gasteiger partial charge in [0.15, 0.2) is 5.71 Å². The van der Waals surface area contributed by atoms with E-state index in [1.165, 1.54) is 20.3 Å². The van der Waals surface area contributed by atoms with Crippen molar-refractivity contribution >= 4 is 46.4 Å². The van der Waals surface area contributed by atoms with Crippen LogP contribution >= 0.6 is 34.8 Å². The van der Waals surface area contributed by atoms with Crippen molar-refractivity contribution in [3.8, 4) is 5.75 Å². The van der Waals surface area contributed by atoms with E-state index in [2.05, 4.69) is 10.1 Å². The molecule has 5 nitrogen and oxygen atoms in total. The van der Waals surface area contributed by atoms with Crippen LogP contribution in [0.25, 0.3) is 0 Å². The molecule has 0 saturated heterocycles. The van der Waals surface area contributed by atoms with Gasteiger partial charge in [-0.15, -0.1) is 0 Å². The van der Waals surface area contributed by atoms with Gasteiger partial charge in [-0.1, -0.05) is 64.2 Å². The first-order valence-electron chi connectivity index (χ1n) is 7.49. The van der Waals surface area contributed by atoms with Gasteiger partial charge in [0.2, 0.25) is 5.90 Å². The molecule has 0 unspecified atom stereocenters. The molecule has 0 radical (unpaired) electrons. The summed E-state index contributed by atoms with van der Waals surface area (Å²) in [6, 6.07) is 10.6. The minimum absolute atomic E-state index is 0.220. The third-order valence-corrected chi connectivity index (χ3v) is 4.43. The summed E-state index contributed by atoms with van der Waals surface area (Å²) in [7, 11) is 4.58. The fourth-order valence-corrected chi connectivity index (χ4v) is 2.83. The molecule has 0 aromatic heterocycles. The number of benzene rings is 2. The number of aliphatic imine (C=N–C) groups is 1. The Balaban J connectivity index is 2.35. The van der Waals surface area contributed by atoms with E-state index in [9.17, 15) is 0 Å². The summed E-state index contributed by atoms with van der Waals surface area (Å²) >= 11 is 18.1. The normalized spacial score (nSPS) is 12.1. The minimum Gasteiger partial charge on any atom is -0.487 e. The predicted molar refractivity (Wildman–Crippen MR) is 106 cm³/mol. The van der Waals surface area contributed by atoms with Crippen LogP contribution in [0.3, 0.4) is 0 Å². The molecule has 0 N–H and O–H groups in total. The number of hydrogen-bond donors (Lipinski definition) is 0. The van der Waals surface area contributed by atoms with Crippen LogP contribution in [-0.4, -0.2) is 32.9 Å². The van der Waals surface area contributed by atoms with Crippen molar-refractivity contribution in [1.29, 1.82) is 0 Å². The zero-order chi connectivity index (χ0) is 19.1. The Hall–Kier alpha value is -1.95. The standard InChI is InChI=1S/C18H17Cl3N2O3/c1-22-18(24-2)17(23-25-3)12-7-5-4-6-11(12)10-26-16-9-14(20)13(19)8-15(16)21/h4-9H,10H2,1-3H3.